The maximum atomic E-state index is 12.8. The molecule has 2 unspecified atom stereocenters. The maximum absolute atomic E-state index is 12.8. The average molecular weight is 208 g/mol. The Morgan fingerprint density at radius 1 is 1.60 bits per heavy atom. The summed E-state index contributed by atoms with van der Waals surface area (Å²) in [5.41, 5.74) is 2.75. The lowest BCUT2D eigenvalue weighted by molar-refractivity contribution is 0.419. The van der Waals surface area contributed by atoms with E-state index in [4.69, 9.17) is 0 Å². The third-order valence-electron chi connectivity index (χ3n) is 3.10. The maximum Gasteiger partial charge on any atom is 0.108 e. The third kappa shape index (κ3) is 2.11. The van der Waals surface area contributed by atoms with Crippen LogP contribution in [0.1, 0.15) is 26.2 Å². The van der Waals surface area contributed by atoms with Gasteiger partial charge in [0.05, 0.1) is 5.71 Å². The zero-order chi connectivity index (χ0) is 11.0. The van der Waals surface area contributed by atoms with Gasteiger partial charge in [-0.3, -0.25) is 5.01 Å². The van der Waals surface area contributed by atoms with Crippen LogP contribution in [-0.2, 0) is 0 Å². The molecule has 1 saturated heterocycles. The molecule has 2 rings (SSSR count). The summed E-state index contributed by atoms with van der Waals surface area (Å²) in [4.78, 5) is 0. The standard InChI is InChI=1S/C12H17FN2/c1-8-5-4-6-15(8)14-10(3)9(2)11-7-12(11)13/h11-12H,1-2,4-7H2,3H3/b14-10+. The van der Waals surface area contributed by atoms with Crippen LogP contribution in [0.4, 0.5) is 4.39 Å². The second-order valence-electron chi connectivity index (χ2n) is 4.36. The summed E-state index contributed by atoms with van der Waals surface area (Å²) >= 11 is 0. The number of hydrogen-bond acceptors (Lipinski definition) is 2. The van der Waals surface area contributed by atoms with Crippen molar-refractivity contribution in [3.05, 3.63) is 24.4 Å². The number of rotatable bonds is 3. The highest BCUT2D eigenvalue weighted by atomic mass is 19.1. The molecule has 0 aromatic rings. The van der Waals surface area contributed by atoms with E-state index in [1.807, 2.05) is 11.9 Å². The van der Waals surface area contributed by atoms with Gasteiger partial charge in [0.15, 0.2) is 0 Å². The van der Waals surface area contributed by atoms with Crippen molar-refractivity contribution in [2.75, 3.05) is 6.54 Å². The van der Waals surface area contributed by atoms with Crippen LogP contribution >= 0.6 is 0 Å². The molecule has 82 valence electrons. The monoisotopic (exact) mass is 208 g/mol. The van der Waals surface area contributed by atoms with Crippen LogP contribution in [-0.4, -0.2) is 23.4 Å². The smallest absolute Gasteiger partial charge is 0.108 e. The molecule has 0 amide bonds. The minimum atomic E-state index is -0.690. The first kappa shape index (κ1) is 10.4. The van der Waals surface area contributed by atoms with Crippen molar-refractivity contribution in [3.63, 3.8) is 0 Å². The molecule has 1 heterocycles. The van der Waals surface area contributed by atoms with Gasteiger partial charge >= 0.3 is 0 Å². The number of nitrogens with zero attached hydrogens (tertiary/aromatic N) is 2. The molecule has 1 saturated carbocycles. The summed E-state index contributed by atoms with van der Waals surface area (Å²) in [6, 6.07) is 0. The van der Waals surface area contributed by atoms with E-state index < -0.39 is 6.17 Å². The SMILES string of the molecule is C=C(/C(C)=N/N1CCCC1=C)C1CC1F. The highest BCUT2D eigenvalue weighted by Crippen LogP contribution is 2.40. The van der Waals surface area contributed by atoms with Gasteiger partial charge in [0.1, 0.15) is 6.17 Å². The Morgan fingerprint density at radius 2 is 2.27 bits per heavy atom. The van der Waals surface area contributed by atoms with Crippen molar-refractivity contribution in [3.8, 4) is 0 Å². The molecular formula is C12H17FN2. The average Bonchev–Trinajstić information content (AvgIpc) is 2.79. The number of alkyl halides is 1. The van der Waals surface area contributed by atoms with Gasteiger partial charge in [0.2, 0.25) is 0 Å². The van der Waals surface area contributed by atoms with E-state index in [1.54, 1.807) is 0 Å². The molecule has 2 nitrogen and oxygen atoms in total. The summed E-state index contributed by atoms with van der Waals surface area (Å²) in [7, 11) is 0. The van der Waals surface area contributed by atoms with Crippen LogP contribution in [0.2, 0.25) is 0 Å². The Labute approximate surface area is 90.2 Å². The van der Waals surface area contributed by atoms with E-state index >= 15 is 0 Å². The molecule has 3 heteroatoms. The van der Waals surface area contributed by atoms with Crippen molar-refractivity contribution < 1.29 is 4.39 Å². The van der Waals surface area contributed by atoms with Crippen molar-refractivity contribution in [2.24, 2.45) is 11.0 Å². The lowest BCUT2D eigenvalue weighted by Gasteiger charge is -2.14. The van der Waals surface area contributed by atoms with Crippen molar-refractivity contribution >= 4 is 5.71 Å². The highest BCUT2D eigenvalue weighted by molar-refractivity contribution is 5.98. The Bertz CT molecular complexity index is 333. The zero-order valence-electron chi connectivity index (χ0n) is 9.17. The first-order valence-corrected chi connectivity index (χ1v) is 5.43. The van der Waals surface area contributed by atoms with Crippen LogP contribution < -0.4 is 0 Å². The second kappa shape index (κ2) is 3.80. The molecule has 1 aliphatic carbocycles. The van der Waals surface area contributed by atoms with Crippen LogP contribution in [0.3, 0.4) is 0 Å². The van der Waals surface area contributed by atoms with Crippen LogP contribution in [0, 0.1) is 5.92 Å². The Balaban J connectivity index is 2.00. The number of hydrazone groups is 1. The predicted octanol–water partition coefficient (Wildman–Crippen LogP) is 2.89. The van der Waals surface area contributed by atoms with E-state index in [2.05, 4.69) is 18.3 Å². The Hall–Kier alpha value is -1.12. The third-order valence-corrected chi connectivity index (χ3v) is 3.10. The summed E-state index contributed by atoms with van der Waals surface area (Å²) < 4.78 is 12.8. The number of halogens is 1. The summed E-state index contributed by atoms with van der Waals surface area (Å²) in [5.74, 6) is 0.0182. The molecule has 2 aliphatic rings. The highest BCUT2D eigenvalue weighted by Gasteiger charge is 2.40. The lowest BCUT2D eigenvalue weighted by Crippen LogP contribution is -2.13. The molecule has 0 bridgehead atoms. The Morgan fingerprint density at radius 3 is 2.73 bits per heavy atom. The van der Waals surface area contributed by atoms with Gasteiger partial charge in [-0.25, -0.2) is 4.39 Å². The van der Waals surface area contributed by atoms with E-state index in [0.29, 0.717) is 6.42 Å². The van der Waals surface area contributed by atoms with Crippen molar-refractivity contribution in [1.82, 2.24) is 5.01 Å². The molecule has 15 heavy (non-hydrogen) atoms. The first-order chi connectivity index (χ1) is 7.09. The van der Waals surface area contributed by atoms with Gasteiger partial charge in [-0.1, -0.05) is 13.2 Å². The molecule has 2 fully saturated rings. The fourth-order valence-electron chi connectivity index (χ4n) is 1.88. The molecule has 0 aromatic heterocycles. The lowest BCUT2D eigenvalue weighted by atomic mass is 10.1. The van der Waals surface area contributed by atoms with E-state index in [9.17, 15) is 4.39 Å². The number of allylic oxidation sites excluding steroid dienone is 2. The van der Waals surface area contributed by atoms with Crippen molar-refractivity contribution in [2.45, 2.75) is 32.4 Å². The van der Waals surface area contributed by atoms with Crippen LogP contribution in [0.15, 0.2) is 29.5 Å². The number of hydrogen-bond donors (Lipinski definition) is 0. The summed E-state index contributed by atoms with van der Waals surface area (Å²) in [5, 5.41) is 6.35. The van der Waals surface area contributed by atoms with Gasteiger partial charge in [-0.05, 0) is 31.8 Å². The van der Waals surface area contributed by atoms with Gasteiger partial charge < -0.3 is 0 Å². The van der Waals surface area contributed by atoms with Crippen molar-refractivity contribution in [1.29, 1.82) is 0 Å². The largest absolute Gasteiger partial charge is 0.270 e. The normalized spacial score (nSPS) is 30.9. The minimum absolute atomic E-state index is 0.0182. The minimum Gasteiger partial charge on any atom is -0.270 e. The molecule has 0 spiro atoms. The summed E-state index contributed by atoms with van der Waals surface area (Å²) in [6.45, 7) is 10.7. The fraction of sp³-hybridized carbons (Fsp3) is 0.583. The quantitative estimate of drug-likeness (QED) is 0.651. The molecular weight excluding hydrogens is 191 g/mol. The van der Waals surface area contributed by atoms with Gasteiger partial charge in [0, 0.05) is 18.2 Å². The second-order valence-corrected chi connectivity index (χ2v) is 4.36. The van der Waals surface area contributed by atoms with Gasteiger partial charge in [0.25, 0.3) is 0 Å². The topological polar surface area (TPSA) is 15.6 Å². The zero-order valence-corrected chi connectivity index (χ0v) is 9.17. The van der Waals surface area contributed by atoms with Gasteiger partial charge in [-0.15, -0.1) is 0 Å². The fourth-order valence-corrected chi connectivity index (χ4v) is 1.88. The van der Waals surface area contributed by atoms with E-state index in [-0.39, 0.29) is 5.92 Å². The first-order valence-electron chi connectivity index (χ1n) is 5.43. The van der Waals surface area contributed by atoms with E-state index in [1.165, 1.54) is 0 Å². The molecule has 2 atom stereocenters. The molecule has 0 N–H and O–H groups in total. The predicted molar refractivity (Wildman–Crippen MR) is 60.3 cm³/mol. The van der Waals surface area contributed by atoms with Gasteiger partial charge in [-0.2, -0.15) is 5.10 Å². The summed E-state index contributed by atoms with van der Waals surface area (Å²) in [6.07, 6.45) is 2.05. The molecule has 1 aliphatic heterocycles. The molecule has 0 aromatic carbocycles. The van der Waals surface area contributed by atoms with Crippen LogP contribution in [0.25, 0.3) is 0 Å². The van der Waals surface area contributed by atoms with E-state index in [0.717, 1.165) is 36.4 Å². The Kier molecular flexibility index (Phi) is 2.63. The van der Waals surface area contributed by atoms with Crippen LogP contribution in [0.5, 0.6) is 0 Å². The molecule has 0 radical (unpaired) electrons.